The molecule has 2 atom stereocenters. The molecule has 3 rings (SSSR count). The summed E-state index contributed by atoms with van der Waals surface area (Å²) in [6.07, 6.45) is 1.05. The molecule has 0 radical (unpaired) electrons. The van der Waals surface area contributed by atoms with Crippen molar-refractivity contribution >= 4 is 5.69 Å². The number of hydrogen-bond acceptors (Lipinski definition) is 4. The molecular formula is C13H18N2O2. The Balaban J connectivity index is 1.80. The third-order valence-corrected chi connectivity index (χ3v) is 3.69. The molecule has 4 nitrogen and oxygen atoms in total. The fourth-order valence-corrected chi connectivity index (χ4v) is 2.48. The van der Waals surface area contributed by atoms with E-state index in [0.717, 1.165) is 31.0 Å². The Morgan fingerprint density at radius 3 is 2.94 bits per heavy atom. The van der Waals surface area contributed by atoms with Crippen LogP contribution in [-0.4, -0.2) is 25.9 Å². The Labute approximate surface area is 101 Å². The minimum absolute atomic E-state index is 0.333. The molecule has 0 saturated carbocycles. The molecule has 1 aromatic carbocycles. The predicted molar refractivity (Wildman–Crippen MR) is 66.5 cm³/mol. The van der Waals surface area contributed by atoms with Crippen LogP contribution in [0.1, 0.15) is 13.3 Å². The summed E-state index contributed by atoms with van der Waals surface area (Å²) < 4.78 is 10.7. The Hall–Kier alpha value is -1.42. The average molecular weight is 234 g/mol. The molecule has 0 aromatic heterocycles. The molecule has 0 amide bonds. The SMILES string of the molecule is CC1CN(c2ccc3c(c2)OCO3)CCC1N. The largest absolute Gasteiger partial charge is 0.454 e. The van der Waals surface area contributed by atoms with E-state index in [-0.39, 0.29) is 0 Å². The Morgan fingerprint density at radius 1 is 1.29 bits per heavy atom. The summed E-state index contributed by atoms with van der Waals surface area (Å²) in [6, 6.07) is 6.47. The van der Waals surface area contributed by atoms with E-state index in [0.29, 0.717) is 18.8 Å². The van der Waals surface area contributed by atoms with Gasteiger partial charge in [-0.1, -0.05) is 6.92 Å². The molecule has 92 valence electrons. The van der Waals surface area contributed by atoms with Gasteiger partial charge in [0.25, 0.3) is 0 Å². The van der Waals surface area contributed by atoms with E-state index in [4.69, 9.17) is 15.2 Å². The first-order chi connectivity index (χ1) is 8.24. The van der Waals surface area contributed by atoms with Crippen molar-refractivity contribution in [3.05, 3.63) is 18.2 Å². The fraction of sp³-hybridized carbons (Fsp3) is 0.538. The molecule has 2 unspecified atom stereocenters. The number of nitrogens with zero attached hydrogens (tertiary/aromatic N) is 1. The number of anilines is 1. The molecule has 1 saturated heterocycles. The summed E-state index contributed by atoms with van der Waals surface area (Å²) in [6.45, 7) is 4.58. The third-order valence-electron chi connectivity index (χ3n) is 3.69. The van der Waals surface area contributed by atoms with Crippen molar-refractivity contribution in [1.29, 1.82) is 0 Å². The number of ether oxygens (including phenoxy) is 2. The molecule has 1 aromatic rings. The van der Waals surface area contributed by atoms with Gasteiger partial charge in [-0.3, -0.25) is 0 Å². The van der Waals surface area contributed by atoms with Crippen molar-refractivity contribution < 1.29 is 9.47 Å². The van der Waals surface area contributed by atoms with E-state index < -0.39 is 0 Å². The first-order valence-corrected chi connectivity index (χ1v) is 6.14. The van der Waals surface area contributed by atoms with Crippen molar-refractivity contribution in [2.75, 3.05) is 24.8 Å². The van der Waals surface area contributed by atoms with Crippen LogP contribution in [0, 0.1) is 5.92 Å². The first kappa shape index (κ1) is 10.7. The van der Waals surface area contributed by atoms with Gasteiger partial charge in [-0.25, -0.2) is 0 Å². The second-order valence-electron chi connectivity index (χ2n) is 4.91. The van der Waals surface area contributed by atoms with Gasteiger partial charge in [-0.05, 0) is 24.5 Å². The second kappa shape index (κ2) is 4.11. The minimum Gasteiger partial charge on any atom is -0.454 e. The maximum Gasteiger partial charge on any atom is 0.231 e. The highest BCUT2D eigenvalue weighted by Crippen LogP contribution is 2.36. The molecule has 0 bridgehead atoms. The highest BCUT2D eigenvalue weighted by molar-refractivity contribution is 5.57. The predicted octanol–water partition coefficient (Wildman–Crippen LogP) is 1.59. The Bertz CT molecular complexity index is 422. The van der Waals surface area contributed by atoms with Gasteiger partial charge in [0, 0.05) is 30.9 Å². The third kappa shape index (κ3) is 1.93. The van der Waals surface area contributed by atoms with E-state index in [1.807, 2.05) is 6.07 Å². The van der Waals surface area contributed by atoms with Crippen LogP contribution in [0.5, 0.6) is 11.5 Å². The summed E-state index contributed by atoms with van der Waals surface area (Å²) >= 11 is 0. The van der Waals surface area contributed by atoms with Crippen LogP contribution < -0.4 is 20.1 Å². The number of fused-ring (bicyclic) bond motifs is 1. The van der Waals surface area contributed by atoms with Crippen molar-refractivity contribution in [3.63, 3.8) is 0 Å². The lowest BCUT2D eigenvalue weighted by Gasteiger charge is -2.36. The summed E-state index contributed by atoms with van der Waals surface area (Å²) in [5.41, 5.74) is 7.24. The zero-order valence-corrected chi connectivity index (χ0v) is 10.1. The quantitative estimate of drug-likeness (QED) is 0.801. The number of benzene rings is 1. The van der Waals surface area contributed by atoms with E-state index in [9.17, 15) is 0 Å². The highest BCUT2D eigenvalue weighted by atomic mass is 16.7. The van der Waals surface area contributed by atoms with Crippen molar-refractivity contribution in [2.24, 2.45) is 11.7 Å². The molecule has 2 aliphatic heterocycles. The summed E-state index contributed by atoms with van der Waals surface area (Å²) in [5.74, 6) is 2.23. The van der Waals surface area contributed by atoms with E-state index in [2.05, 4.69) is 24.0 Å². The fourth-order valence-electron chi connectivity index (χ4n) is 2.48. The molecule has 17 heavy (non-hydrogen) atoms. The Morgan fingerprint density at radius 2 is 2.12 bits per heavy atom. The molecule has 1 fully saturated rings. The van der Waals surface area contributed by atoms with Crippen LogP contribution in [0.3, 0.4) is 0 Å². The van der Waals surface area contributed by atoms with Gasteiger partial charge in [-0.2, -0.15) is 0 Å². The van der Waals surface area contributed by atoms with Crippen LogP contribution in [0.2, 0.25) is 0 Å². The monoisotopic (exact) mass is 234 g/mol. The van der Waals surface area contributed by atoms with Crippen LogP contribution in [-0.2, 0) is 0 Å². The molecule has 0 spiro atoms. The van der Waals surface area contributed by atoms with Gasteiger partial charge in [0.05, 0.1) is 0 Å². The zero-order valence-electron chi connectivity index (χ0n) is 10.1. The smallest absolute Gasteiger partial charge is 0.231 e. The number of hydrogen-bond donors (Lipinski definition) is 1. The van der Waals surface area contributed by atoms with Gasteiger partial charge in [-0.15, -0.1) is 0 Å². The highest BCUT2D eigenvalue weighted by Gasteiger charge is 2.24. The number of rotatable bonds is 1. The average Bonchev–Trinajstić information content (AvgIpc) is 2.79. The maximum absolute atomic E-state index is 6.04. The van der Waals surface area contributed by atoms with E-state index >= 15 is 0 Å². The Kier molecular flexibility index (Phi) is 2.59. The summed E-state index contributed by atoms with van der Waals surface area (Å²) in [5, 5.41) is 0. The topological polar surface area (TPSA) is 47.7 Å². The number of piperidine rings is 1. The van der Waals surface area contributed by atoms with Gasteiger partial charge < -0.3 is 20.1 Å². The first-order valence-electron chi connectivity index (χ1n) is 6.14. The van der Waals surface area contributed by atoms with Gasteiger partial charge in [0.2, 0.25) is 6.79 Å². The lowest BCUT2D eigenvalue weighted by atomic mass is 9.94. The summed E-state index contributed by atoms with van der Waals surface area (Å²) in [4.78, 5) is 2.37. The second-order valence-corrected chi connectivity index (χ2v) is 4.91. The van der Waals surface area contributed by atoms with Crippen LogP contribution in [0.15, 0.2) is 18.2 Å². The molecule has 2 aliphatic rings. The van der Waals surface area contributed by atoms with E-state index in [1.165, 1.54) is 5.69 Å². The van der Waals surface area contributed by atoms with Crippen LogP contribution in [0.25, 0.3) is 0 Å². The lowest BCUT2D eigenvalue weighted by Crippen LogP contribution is -2.45. The standard InChI is InChI=1S/C13H18N2O2/c1-9-7-15(5-4-11(9)14)10-2-3-12-13(6-10)17-8-16-12/h2-3,6,9,11H,4-5,7-8,14H2,1H3. The molecular weight excluding hydrogens is 216 g/mol. The van der Waals surface area contributed by atoms with Crippen molar-refractivity contribution in [2.45, 2.75) is 19.4 Å². The normalized spacial score (nSPS) is 27.3. The van der Waals surface area contributed by atoms with Crippen LogP contribution in [0.4, 0.5) is 5.69 Å². The summed E-state index contributed by atoms with van der Waals surface area (Å²) in [7, 11) is 0. The molecule has 2 N–H and O–H groups in total. The zero-order chi connectivity index (χ0) is 11.8. The molecule has 4 heteroatoms. The molecule has 0 aliphatic carbocycles. The van der Waals surface area contributed by atoms with Gasteiger partial charge in [0.1, 0.15) is 0 Å². The van der Waals surface area contributed by atoms with Crippen LogP contribution >= 0.6 is 0 Å². The molecule has 2 heterocycles. The van der Waals surface area contributed by atoms with Gasteiger partial charge >= 0.3 is 0 Å². The van der Waals surface area contributed by atoms with E-state index in [1.54, 1.807) is 0 Å². The minimum atomic E-state index is 0.333. The maximum atomic E-state index is 6.04. The van der Waals surface area contributed by atoms with Crippen molar-refractivity contribution in [1.82, 2.24) is 0 Å². The van der Waals surface area contributed by atoms with Gasteiger partial charge in [0.15, 0.2) is 11.5 Å². The lowest BCUT2D eigenvalue weighted by molar-refractivity contribution is 0.174. The van der Waals surface area contributed by atoms with Crippen molar-refractivity contribution in [3.8, 4) is 11.5 Å². The number of nitrogens with two attached hydrogens (primary N) is 1.